The Morgan fingerprint density at radius 1 is 0.712 bits per heavy atom. The van der Waals surface area contributed by atoms with E-state index in [1.807, 2.05) is 56.3 Å². The number of benzene rings is 6. The third-order valence-electron chi connectivity index (χ3n) is 10.8. The normalized spacial score (nSPS) is 11.9. The molecule has 0 fully saturated rings. The summed E-state index contributed by atoms with van der Waals surface area (Å²) in [5.74, 6) is 0.0392. The first-order chi connectivity index (χ1) is 27.9. The summed E-state index contributed by atoms with van der Waals surface area (Å²) in [6.45, 7) is 14.4. The number of hydrogen-bond acceptors (Lipinski definition) is 2. The first kappa shape index (κ1) is 47.5. The fraction of sp³-hybridized carbons (Fsp3) is 0.200. The number of aryl methyl sites for hydroxylation is 2. The number of hydrogen-bond donors (Lipinski definition) is 1. The fourth-order valence-corrected chi connectivity index (χ4v) is 7.97. The van der Waals surface area contributed by atoms with Crippen LogP contribution in [0.2, 0.25) is 0 Å². The van der Waals surface area contributed by atoms with Gasteiger partial charge < -0.3 is 13.2 Å². The molecule has 1 heterocycles. The molecule has 0 amide bonds. The number of nitrogens with one attached hydrogen (secondary N) is 1. The van der Waals surface area contributed by atoms with Crippen molar-refractivity contribution in [3.8, 4) is 22.4 Å². The van der Waals surface area contributed by atoms with Crippen LogP contribution in [0.15, 0.2) is 147 Å². The second-order valence-corrected chi connectivity index (χ2v) is 15.0. The van der Waals surface area contributed by atoms with Gasteiger partial charge in [-0.25, -0.2) is 10.7 Å². The molecule has 0 aliphatic carbocycles. The van der Waals surface area contributed by atoms with E-state index in [0.717, 1.165) is 62.5 Å². The van der Waals surface area contributed by atoms with Gasteiger partial charge in [0.05, 0.1) is 11.2 Å². The van der Waals surface area contributed by atoms with E-state index in [1.165, 1.54) is 53.5 Å². The summed E-state index contributed by atoms with van der Waals surface area (Å²) in [7, 11) is 0. The largest absolute Gasteiger partial charge is 2.00 e. The standard InChI is InChI=1S/C52H48N2S.C2H6.CH3.Sr/c1-4-42-43(5-2)47(52(53)46-26-15-14-25-45(42)46)31-33-51(55)36(3)44-30-28-41(35-48(44)50-32-29-39-23-13-16-27-49(39)54-50)40-24-17-22-38(34-40)21-10-7-6-9-18-37-19-11-8-12-20-37;1-2;;/h4-5,8,11-17,19-20,22-25,27-36,51,53,55H,1-2,6-7,9-10,18,21H2,3H3;1-2H3;1H3;/q-2;;-1;+2/b33-31-;;;. The minimum Gasteiger partial charge on any atom is -0.742 e. The van der Waals surface area contributed by atoms with Crippen molar-refractivity contribution in [2.45, 2.75) is 70.5 Å². The van der Waals surface area contributed by atoms with Crippen molar-refractivity contribution in [1.29, 1.82) is 0 Å². The second-order valence-electron chi connectivity index (χ2n) is 14.4. The molecule has 1 N–H and O–H groups in total. The van der Waals surface area contributed by atoms with E-state index < -0.39 is 0 Å². The summed E-state index contributed by atoms with van der Waals surface area (Å²) in [6.07, 6.45) is 15.0. The van der Waals surface area contributed by atoms with Crippen LogP contribution in [0.25, 0.3) is 68.0 Å². The Bertz CT molecular complexity index is 2480. The van der Waals surface area contributed by atoms with Crippen LogP contribution >= 0.6 is 12.6 Å². The molecule has 1 aromatic heterocycles. The number of nitrogens with zero attached hydrogens (tertiary/aromatic N) is 1. The Morgan fingerprint density at radius 3 is 2.14 bits per heavy atom. The predicted octanol–water partition coefficient (Wildman–Crippen LogP) is 16.0. The van der Waals surface area contributed by atoms with E-state index in [-0.39, 0.29) is 64.1 Å². The van der Waals surface area contributed by atoms with E-state index in [4.69, 9.17) is 23.3 Å². The van der Waals surface area contributed by atoms with Crippen molar-refractivity contribution < 1.29 is 0 Å². The smallest absolute Gasteiger partial charge is 0.742 e. The van der Waals surface area contributed by atoms with Crippen LogP contribution in [0.1, 0.15) is 85.8 Å². The summed E-state index contributed by atoms with van der Waals surface area (Å²) in [5.41, 5.74) is 21.6. The Kier molecular flexibility index (Phi) is 19.0. The van der Waals surface area contributed by atoms with Gasteiger partial charge in [-0.3, -0.25) is 0 Å². The van der Waals surface area contributed by atoms with Gasteiger partial charge in [-0.1, -0.05) is 173 Å². The third kappa shape index (κ3) is 11.6. The molecule has 7 aromatic rings. The molecule has 296 valence electrons. The quantitative estimate of drug-likeness (QED) is 0.0474. The summed E-state index contributed by atoms with van der Waals surface area (Å²) in [6, 6.07) is 48.3. The van der Waals surface area contributed by atoms with Crippen molar-refractivity contribution in [3.05, 3.63) is 199 Å². The van der Waals surface area contributed by atoms with Crippen LogP contribution in [0, 0.1) is 13.5 Å². The average Bonchev–Trinajstić information content (AvgIpc) is 3.27. The van der Waals surface area contributed by atoms with Crippen LogP contribution in [-0.4, -0.2) is 55.7 Å². The van der Waals surface area contributed by atoms with Crippen molar-refractivity contribution in [3.63, 3.8) is 0 Å². The van der Waals surface area contributed by atoms with Gasteiger partial charge >= 0.3 is 45.5 Å². The molecular formula is C55H57N2SSr-. The van der Waals surface area contributed by atoms with Gasteiger partial charge in [0.15, 0.2) is 0 Å². The summed E-state index contributed by atoms with van der Waals surface area (Å²) in [4.78, 5) is 5.17. The van der Waals surface area contributed by atoms with Crippen LogP contribution in [0.4, 0.5) is 5.69 Å². The van der Waals surface area contributed by atoms with Crippen molar-refractivity contribution >= 4 is 104 Å². The number of rotatable bonds is 15. The molecule has 0 aliphatic rings. The van der Waals surface area contributed by atoms with Gasteiger partial charge in [-0.15, -0.1) is 29.7 Å². The molecule has 7 rings (SSSR count). The number of thiol groups is 1. The van der Waals surface area contributed by atoms with E-state index in [1.54, 1.807) is 0 Å². The van der Waals surface area contributed by atoms with Gasteiger partial charge in [0, 0.05) is 16.2 Å². The topological polar surface area (TPSA) is 36.7 Å². The molecule has 0 saturated heterocycles. The average molecular weight is 866 g/mol. The van der Waals surface area contributed by atoms with Crippen molar-refractivity contribution in [2.24, 2.45) is 0 Å². The molecule has 0 radical (unpaired) electrons. The predicted molar refractivity (Wildman–Crippen MR) is 266 cm³/mol. The van der Waals surface area contributed by atoms with Crippen LogP contribution in [0.3, 0.4) is 0 Å². The van der Waals surface area contributed by atoms with Crippen molar-refractivity contribution in [1.82, 2.24) is 4.98 Å². The Morgan fingerprint density at radius 2 is 1.39 bits per heavy atom. The van der Waals surface area contributed by atoms with Crippen molar-refractivity contribution in [2.75, 3.05) is 0 Å². The minimum absolute atomic E-state index is 0. The second kappa shape index (κ2) is 23.6. The zero-order valence-corrected chi connectivity index (χ0v) is 39.7. The zero-order valence-electron chi connectivity index (χ0n) is 35.3. The maximum Gasteiger partial charge on any atom is 2.00 e. The summed E-state index contributed by atoms with van der Waals surface area (Å²) < 4.78 is 0. The molecule has 0 saturated carbocycles. The fourth-order valence-electron chi connectivity index (χ4n) is 7.72. The number of fused-ring (bicyclic) bond motifs is 2. The molecule has 59 heavy (non-hydrogen) atoms. The molecule has 2 atom stereocenters. The first-order valence-corrected chi connectivity index (χ1v) is 20.9. The van der Waals surface area contributed by atoms with E-state index in [9.17, 15) is 0 Å². The molecular weight excluding hydrogens is 808 g/mol. The molecule has 2 nitrogen and oxygen atoms in total. The van der Waals surface area contributed by atoms with Crippen LogP contribution < -0.4 is 0 Å². The zero-order chi connectivity index (χ0) is 40.1. The van der Waals surface area contributed by atoms with E-state index in [2.05, 4.69) is 135 Å². The number of unbranched alkanes of at least 4 members (excludes halogenated alkanes) is 3. The molecule has 6 aromatic carbocycles. The first-order valence-electron chi connectivity index (χ1n) is 20.4. The maximum atomic E-state index is 9.10. The summed E-state index contributed by atoms with van der Waals surface area (Å²) in [5, 5.41) is 2.71. The summed E-state index contributed by atoms with van der Waals surface area (Å²) >= 11 is 5.16. The number of para-hydroxylation sites is 1. The molecule has 2 unspecified atom stereocenters. The monoisotopic (exact) mass is 865 g/mol. The molecule has 0 spiro atoms. The minimum atomic E-state index is -0.138. The SMILES string of the molecule is C=Cc1c(/C=C\C(S)C(C)c2ccc(-c3cccc(CCCCCCc4ccccc4)c3)cc2-c2ccc3ccccc3n2)c([NH-])c2[c-]cccc2c1C=C.CC.[CH3-].[Sr+2]. The van der Waals surface area contributed by atoms with Gasteiger partial charge in [0.25, 0.3) is 0 Å². The van der Waals surface area contributed by atoms with Gasteiger partial charge in [-0.05, 0) is 83.2 Å². The third-order valence-corrected chi connectivity index (χ3v) is 11.4. The molecule has 4 heteroatoms. The molecule has 0 bridgehead atoms. The van der Waals surface area contributed by atoms with Crippen LogP contribution in [0.5, 0.6) is 0 Å². The Hall–Kier alpha value is -4.16. The maximum absolute atomic E-state index is 9.10. The number of aromatic nitrogens is 1. The molecule has 0 aliphatic heterocycles. The number of pyridine rings is 1. The van der Waals surface area contributed by atoms with Gasteiger partial charge in [0.2, 0.25) is 0 Å². The van der Waals surface area contributed by atoms with Gasteiger partial charge in [-0.2, -0.15) is 18.0 Å². The van der Waals surface area contributed by atoms with E-state index in [0.29, 0.717) is 5.69 Å². The Labute approximate surface area is 397 Å². The van der Waals surface area contributed by atoms with E-state index >= 15 is 0 Å². The van der Waals surface area contributed by atoms with Crippen LogP contribution in [-0.2, 0) is 12.8 Å². The Balaban J connectivity index is 0.00000189. The van der Waals surface area contributed by atoms with Gasteiger partial charge in [0.1, 0.15) is 0 Å².